The summed E-state index contributed by atoms with van der Waals surface area (Å²) >= 11 is 3.51. The molecule has 0 radical (unpaired) electrons. The maximum absolute atomic E-state index is 12.9. The summed E-state index contributed by atoms with van der Waals surface area (Å²) in [7, 11) is 0. The second-order valence-corrected chi connectivity index (χ2v) is 13.1. The second-order valence-electron chi connectivity index (χ2n) is 12.2. The number of aromatic nitrogens is 1. The van der Waals surface area contributed by atoms with Crippen LogP contribution in [0.15, 0.2) is 102 Å². The molecule has 5 aromatic rings. The SMILES string of the molecule is C=C(N[C@H](C)c1ccc(Br)cc1)c1ccc2c(c1)c(C)c(C)n2Cc1ccc(-c2ccccc2C(=O)OC(C)(C)C)cc1. The van der Waals surface area contributed by atoms with Crippen LogP contribution < -0.4 is 5.32 Å². The van der Waals surface area contributed by atoms with Gasteiger partial charge in [0, 0.05) is 39.4 Å². The Bertz CT molecular complexity index is 1790. The molecule has 0 spiro atoms. The first kappa shape index (κ1) is 30.4. The number of rotatable bonds is 8. The first-order valence-corrected chi connectivity index (χ1v) is 15.4. The summed E-state index contributed by atoms with van der Waals surface area (Å²) in [5, 5.41) is 4.81. The molecule has 0 saturated heterocycles. The van der Waals surface area contributed by atoms with E-state index in [-0.39, 0.29) is 12.0 Å². The zero-order chi connectivity index (χ0) is 30.9. The molecule has 0 aliphatic carbocycles. The highest BCUT2D eigenvalue weighted by Gasteiger charge is 2.21. The predicted octanol–water partition coefficient (Wildman–Crippen LogP) is 10.0. The minimum Gasteiger partial charge on any atom is -0.456 e. The maximum atomic E-state index is 12.9. The highest BCUT2D eigenvalue weighted by molar-refractivity contribution is 9.10. The summed E-state index contributed by atoms with van der Waals surface area (Å²) in [6.07, 6.45) is 0. The third-order valence-corrected chi connectivity index (χ3v) is 8.43. The monoisotopic (exact) mass is 634 g/mol. The molecule has 1 heterocycles. The molecular formula is C38H39BrN2O2. The lowest BCUT2D eigenvalue weighted by Gasteiger charge is -2.20. The van der Waals surface area contributed by atoms with Crippen LogP contribution in [0.25, 0.3) is 27.7 Å². The van der Waals surface area contributed by atoms with Gasteiger partial charge in [-0.2, -0.15) is 0 Å². The van der Waals surface area contributed by atoms with Crippen molar-refractivity contribution >= 4 is 38.5 Å². The van der Waals surface area contributed by atoms with E-state index in [1.807, 2.05) is 45.0 Å². The van der Waals surface area contributed by atoms with Gasteiger partial charge in [-0.3, -0.25) is 0 Å². The first-order chi connectivity index (χ1) is 20.4. The minimum atomic E-state index is -0.549. The molecule has 1 aromatic heterocycles. The van der Waals surface area contributed by atoms with Crippen molar-refractivity contribution in [1.29, 1.82) is 0 Å². The third kappa shape index (κ3) is 6.78. The van der Waals surface area contributed by atoms with E-state index in [0.717, 1.165) is 33.4 Å². The summed E-state index contributed by atoms with van der Waals surface area (Å²) in [5.41, 5.74) is 10.0. The van der Waals surface area contributed by atoms with Crippen LogP contribution in [0, 0.1) is 13.8 Å². The van der Waals surface area contributed by atoms with E-state index in [1.54, 1.807) is 0 Å². The Morgan fingerprint density at radius 1 is 0.953 bits per heavy atom. The molecule has 0 bridgehead atoms. The van der Waals surface area contributed by atoms with Gasteiger partial charge in [0.15, 0.2) is 0 Å². The number of aryl methyl sites for hydroxylation is 1. The Morgan fingerprint density at radius 3 is 2.30 bits per heavy atom. The van der Waals surface area contributed by atoms with Crippen molar-refractivity contribution in [3.05, 3.63) is 136 Å². The van der Waals surface area contributed by atoms with Gasteiger partial charge < -0.3 is 14.6 Å². The van der Waals surface area contributed by atoms with Crippen molar-refractivity contribution in [2.75, 3.05) is 0 Å². The normalized spacial score (nSPS) is 12.3. The van der Waals surface area contributed by atoms with Crippen LogP contribution in [0.2, 0.25) is 0 Å². The smallest absolute Gasteiger partial charge is 0.339 e. The number of hydrogen-bond donors (Lipinski definition) is 1. The van der Waals surface area contributed by atoms with E-state index < -0.39 is 5.60 Å². The molecule has 5 rings (SSSR count). The average Bonchev–Trinajstić information content (AvgIpc) is 3.21. The number of nitrogens with zero attached hydrogens (tertiary/aromatic N) is 1. The minimum absolute atomic E-state index is 0.141. The van der Waals surface area contributed by atoms with Crippen molar-refractivity contribution in [2.45, 2.75) is 59.7 Å². The molecule has 0 unspecified atom stereocenters. The lowest BCUT2D eigenvalue weighted by molar-refractivity contribution is 0.00704. The lowest BCUT2D eigenvalue weighted by Crippen LogP contribution is -2.24. The number of carbonyl (C=O) groups is 1. The summed E-state index contributed by atoms with van der Waals surface area (Å²) in [6, 6.07) is 31.2. The topological polar surface area (TPSA) is 43.3 Å². The van der Waals surface area contributed by atoms with Crippen LogP contribution in [0.4, 0.5) is 0 Å². The molecule has 4 aromatic carbocycles. The van der Waals surface area contributed by atoms with E-state index in [4.69, 9.17) is 4.74 Å². The van der Waals surface area contributed by atoms with E-state index in [2.05, 4.69) is 120 Å². The van der Waals surface area contributed by atoms with E-state index >= 15 is 0 Å². The molecule has 43 heavy (non-hydrogen) atoms. The van der Waals surface area contributed by atoms with Crippen LogP contribution in [-0.2, 0) is 11.3 Å². The molecule has 0 amide bonds. The number of benzene rings is 4. The largest absolute Gasteiger partial charge is 0.456 e. The van der Waals surface area contributed by atoms with Crippen LogP contribution in [0.3, 0.4) is 0 Å². The second kappa shape index (κ2) is 12.3. The summed E-state index contributed by atoms with van der Waals surface area (Å²) in [6.45, 7) is 17.3. The molecule has 1 N–H and O–H groups in total. The zero-order valence-corrected chi connectivity index (χ0v) is 27.4. The van der Waals surface area contributed by atoms with Gasteiger partial charge in [0.2, 0.25) is 0 Å². The molecular weight excluding hydrogens is 596 g/mol. The highest BCUT2D eigenvalue weighted by atomic mass is 79.9. The van der Waals surface area contributed by atoms with Crippen molar-refractivity contribution in [3.63, 3.8) is 0 Å². The summed E-state index contributed by atoms with van der Waals surface area (Å²) < 4.78 is 9.10. The fourth-order valence-electron chi connectivity index (χ4n) is 5.44. The third-order valence-electron chi connectivity index (χ3n) is 7.90. The fraction of sp³-hybridized carbons (Fsp3) is 0.237. The van der Waals surface area contributed by atoms with E-state index in [0.29, 0.717) is 5.56 Å². The van der Waals surface area contributed by atoms with Crippen molar-refractivity contribution in [2.24, 2.45) is 0 Å². The van der Waals surface area contributed by atoms with Gasteiger partial charge in [-0.1, -0.05) is 83.2 Å². The Kier molecular flexibility index (Phi) is 8.66. The molecule has 0 aliphatic rings. The molecule has 0 fully saturated rings. The van der Waals surface area contributed by atoms with Crippen molar-refractivity contribution in [3.8, 4) is 11.1 Å². The number of esters is 1. The number of nitrogens with one attached hydrogen (secondary N) is 1. The van der Waals surface area contributed by atoms with Crippen LogP contribution in [0.5, 0.6) is 0 Å². The number of ether oxygens (including phenoxy) is 1. The van der Waals surface area contributed by atoms with Crippen LogP contribution in [-0.4, -0.2) is 16.1 Å². The van der Waals surface area contributed by atoms with Gasteiger partial charge in [0.05, 0.1) is 5.56 Å². The standard InChI is InChI=1S/C38H39BrN2O2/c1-24-27(4)41(36-21-18-31(22-35(24)36)26(3)40-25(2)29-16-19-32(39)20-17-29)23-28-12-14-30(15-13-28)33-10-8-9-11-34(33)37(42)43-38(5,6)7/h8-22,25,40H,3,23H2,1-2,4-7H3/t25-/m1/s1. The van der Waals surface area contributed by atoms with E-state index in [9.17, 15) is 4.79 Å². The van der Waals surface area contributed by atoms with Crippen molar-refractivity contribution in [1.82, 2.24) is 9.88 Å². The number of fused-ring (bicyclic) bond motifs is 1. The van der Waals surface area contributed by atoms with Gasteiger partial charge in [0.1, 0.15) is 5.60 Å². The number of halogens is 1. The Balaban J connectivity index is 1.36. The Morgan fingerprint density at radius 2 is 1.63 bits per heavy atom. The van der Waals surface area contributed by atoms with Crippen molar-refractivity contribution < 1.29 is 9.53 Å². The Labute approximate surface area is 263 Å². The average molecular weight is 636 g/mol. The van der Waals surface area contributed by atoms with Gasteiger partial charge >= 0.3 is 5.97 Å². The first-order valence-electron chi connectivity index (χ1n) is 14.6. The van der Waals surface area contributed by atoms with Gasteiger partial charge in [-0.05, 0) is 105 Å². The maximum Gasteiger partial charge on any atom is 0.339 e. The van der Waals surface area contributed by atoms with Gasteiger partial charge in [-0.25, -0.2) is 4.79 Å². The molecule has 0 saturated carbocycles. The van der Waals surface area contributed by atoms with Crippen LogP contribution in [0.1, 0.15) is 72.0 Å². The van der Waals surface area contributed by atoms with Crippen LogP contribution >= 0.6 is 15.9 Å². The quantitative estimate of drug-likeness (QED) is 0.173. The Hall–Kier alpha value is -4.09. The molecule has 220 valence electrons. The molecule has 5 heteroatoms. The van der Waals surface area contributed by atoms with Gasteiger partial charge in [0.25, 0.3) is 0 Å². The van der Waals surface area contributed by atoms with Gasteiger partial charge in [-0.15, -0.1) is 0 Å². The zero-order valence-electron chi connectivity index (χ0n) is 25.8. The molecule has 0 aliphatic heterocycles. The summed E-state index contributed by atoms with van der Waals surface area (Å²) in [4.78, 5) is 12.9. The summed E-state index contributed by atoms with van der Waals surface area (Å²) in [5.74, 6) is -0.308. The molecule has 4 nitrogen and oxygen atoms in total. The van der Waals surface area contributed by atoms with E-state index in [1.165, 1.54) is 33.3 Å². The predicted molar refractivity (Wildman–Crippen MR) is 182 cm³/mol. The number of hydrogen-bond acceptors (Lipinski definition) is 3. The fourth-order valence-corrected chi connectivity index (χ4v) is 5.70. The highest BCUT2D eigenvalue weighted by Crippen LogP contribution is 2.31. The molecule has 1 atom stereocenters. The lowest BCUT2D eigenvalue weighted by atomic mass is 9.98. The number of carbonyl (C=O) groups excluding carboxylic acids is 1.